The van der Waals surface area contributed by atoms with Gasteiger partial charge in [0.25, 0.3) is 0 Å². The van der Waals surface area contributed by atoms with E-state index < -0.39 is 0 Å². The van der Waals surface area contributed by atoms with Gasteiger partial charge in [0.2, 0.25) is 6.79 Å². The maximum absolute atomic E-state index is 10.4. The lowest BCUT2D eigenvalue weighted by Gasteiger charge is -2.18. The fourth-order valence-corrected chi connectivity index (χ4v) is 3.61. The number of aliphatic hydroxyl groups excluding tert-OH is 1. The summed E-state index contributed by atoms with van der Waals surface area (Å²) < 4.78 is 16.4. The van der Waals surface area contributed by atoms with E-state index in [9.17, 15) is 5.11 Å². The highest BCUT2D eigenvalue weighted by molar-refractivity contribution is 5.51. The lowest BCUT2D eigenvalue weighted by molar-refractivity contribution is 0.141. The molecule has 1 aromatic heterocycles. The van der Waals surface area contributed by atoms with E-state index in [2.05, 4.69) is 9.88 Å². The predicted molar refractivity (Wildman–Crippen MR) is 91.8 cm³/mol. The van der Waals surface area contributed by atoms with Gasteiger partial charge in [-0.3, -0.25) is 9.88 Å². The molecule has 3 heterocycles. The van der Waals surface area contributed by atoms with Crippen LogP contribution in [0.25, 0.3) is 0 Å². The van der Waals surface area contributed by atoms with Crippen molar-refractivity contribution >= 4 is 0 Å². The lowest BCUT2D eigenvalue weighted by atomic mass is 9.97. The molecule has 6 heteroatoms. The van der Waals surface area contributed by atoms with Crippen molar-refractivity contribution in [2.45, 2.75) is 19.1 Å². The number of aromatic nitrogens is 1. The Kier molecular flexibility index (Phi) is 4.46. The number of aliphatic hydroxyl groups is 1. The minimum absolute atomic E-state index is 0.224. The molecule has 0 saturated carbocycles. The van der Waals surface area contributed by atoms with Gasteiger partial charge in [0.1, 0.15) is 5.75 Å². The van der Waals surface area contributed by atoms with Crippen LogP contribution < -0.4 is 14.2 Å². The van der Waals surface area contributed by atoms with E-state index in [1.54, 1.807) is 19.5 Å². The molecule has 0 bridgehead atoms. The third-order valence-corrected chi connectivity index (χ3v) is 4.90. The van der Waals surface area contributed by atoms with Crippen molar-refractivity contribution < 1.29 is 19.3 Å². The first-order chi connectivity index (χ1) is 12.2. The molecule has 1 N–H and O–H groups in total. The number of hydrogen-bond acceptors (Lipinski definition) is 6. The Bertz CT molecular complexity index is 738. The number of hydrogen-bond donors (Lipinski definition) is 1. The van der Waals surface area contributed by atoms with E-state index in [1.165, 1.54) is 5.56 Å². The average Bonchev–Trinajstić information content (AvgIpc) is 3.21. The quantitative estimate of drug-likeness (QED) is 0.895. The monoisotopic (exact) mass is 342 g/mol. The van der Waals surface area contributed by atoms with Crippen LogP contribution in [0.4, 0.5) is 0 Å². The Morgan fingerprint density at radius 1 is 1.20 bits per heavy atom. The second-order valence-corrected chi connectivity index (χ2v) is 6.60. The summed E-state index contributed by atoms with van der Waals surface area (Å²) in [6.45, 7) is 2.47. The molecule has 0 radical (unpaired) electrons. The van der Waals surface area contributed by atoms with Crippen LogP contribution in [0.3, 0.4) is 0 Å². The number of rotatable bonds is 5. The number of methoxy groups -OCH3 is 1. The Balaban J connectivity index is 1.45. The van der Waals surface area contributed by atoms with Gasteiger partial charge in [-0.1, -0.05) is 0 Å². The zero-order chi connectivity index (χ0) is 17.2. The molecule has 0 amide bonds. The molecular weight excluding hydrogens is 320 g/mol. The van der Waals surface area contributed by atoms with Crippen LogP contribution >= 0.6 is 0 Å². The normalized spacial score (nSPS) is 22.3. The predicted octanol–water partition coefficient (Wildman–Crippen LogP) is 1.85. The van der Waals surface area contributed by atoms with E-state index in [-0.39, 0.29) is 18.8 Å². The van der Waals surface area contributed by atoms with E-state index in [4.69, 9.17) is 14.2 Å². The number of benzene rings is 1. The number of β-amino-alcohol motifs (C(OH)–C–C–N with tert-alkyl or cyclic N) is 1. The summed E-state index contributed by atoms with van der Waals surface area (Å²) in [7, 11) is 1.66. The Hall–Kier alpha value is -2.31. The summed E-state index contributed by atoms with van der Waals surface area (Å²) >= 11 is 0. The molecule has 2 aliphatic rings. The van der Waals surface area contributed by atoms with Crippen molar-refractivity contribution in [3.63, 3.8) is 0 Å². The molecule has 25 heavy (non-hydrogen) atoms. The smallest absolute Gasteiger partial charge is 0.231 e. The molecule has 4 rings (SSSR count). The molecule has 0 spiro atoms. The molecule has 2 aliphatic heterocycles. The SMILES string of the molecule is COc1cc2c(cc1CN1C[C@@H](Cc3ccncc3)[C@H](O)C1)OCO2. The zero-order valence-electron chi connectivity index (χ0n) is 14.2. The van der Waals surface area contributed by atoms with Crippen molar-refractivity contribution in [2.75, 3.05) is 27.0 Å². The van der Waals surface area contributed by atoms with Crippen molar-refractivity contribution in [2.24, 2.45) is 5.92 Å². The zero-order valence-corrected chi connectivity index (χ0v) is 14.2. The van der Waals surface area contributed by atoms with Crippen LogP contribution in [0.1, 0.15) is 11.1 Å². The van der Waals surface area contributed by atoms with Crippen LogP contribution in [0.5, 0.6) is 17.2 Å². The molecule has 0 aliphatic carbocycles. The number of pyridine rings is 1. The average molecular weight is 342 g/mol. The van der Waals surface area contributed by atoms with Gasteiger partial charge in [0.15, 0.2) is 11.5 Å². The standard InChI is InChI=1S/C19H22N2O4/c1-23-17-8-19-18(24-12-25-19)7-15(17)10-21-9-14(16(22)11-21)6-13-2-4-20-5-3-13/h2-5,7-8,14,16,22H,6,9-12H2,1H3/t14-,16-/m1/s1. The van der Waals surface area contributed by atoms with Crippen LogP contribution in [-0.4, -0.2) is 48.1 Å². The summed E-state index contributed by atoms with van der Waals surface area (Å²) in [4.78, 5) is 6.31. The minimum Gasteiger partial charge on any atom is -0.496 e. The van der Waals surface area contributed by atoms with Gasteiger partial charge < -0.3 is 19.3 Å². The summed E-state index contributed by atoms with van der Waals surface area (Å²) in [6, 6.07) is 7.87. The van der Waals surface area contributed by atoms with Gasteiger partial charge in [-0.15, -0.1) is 0 Å². The number of nitrogens with zero attached hydrogens (tertiary/aromatic N) is 2. The third kappa shape index (κ3) is 3.41. The lowest BCUT2D eigenvalue weighted by Crippen LogP contribution is -2.21. The van der Waals surface area contributed by atoms with E-state index in [0.29, 0.717) is 13.1 Å². The van der Waals surface area contributed by atoms with Gasteiger partial charge in [-0.05, 0) is 30.2 Å². The van der Waals surface area contributed by atoms with E-state index in [0.717, 1.165) is 35.8 Å². The van der Waals surface area contributed by atoms with Crippen LogP contribution in [0.2, 0.25) is 0 Å². The molecule has 1 aromatic carbocycles. The summed E-state index contributed by atoms with van der Waals surface area (Å²) in [5.74, 6) is 2.49. The highest BCUT2D eigenvalue weighted by atomic mass is 16.7. The van der Waals surface area contributed by atoms with Gasteiger partial charge >= 0.3 is 0 Å². The first kappa shape index (κ1) is 16.2. The Labute approximate surface area is 147 Å². The molecule has 132 valence electrons. The van der Waals surface area contributed by atoms with Gasteiger partial charge in [0, 0.05) is 49.6 Å². The highest BCUT2D eigenvalue weighted by Crippen LogP contribution is 2.39. The third-order valence-electron chi connectivity index (χ3n) is 4.90. The molecule has 1 fully saturated rings. The molecule has 0 unspecified atom stereocenters. The Morgan fingerprint density at radius 2 is 1.96 bits per heavy atom. The maximum atomic E-state index is 10.4. The number of ether oxygens (including phenoxy) is 3. The summed E-state index contributed by atoms with van der Waals surface area (Å²) in [5.41, 5.74) is 2.25. The van der Waals surface area contributed by atoms with Gasteiger partial charge in [-0.2, -0.15) is 0 Å². The first-order valence-electron chi connectivity index (χ1n) is 8.49. The first-order valence-corrected chi connectivity index (χ1v) is 8.49. The van der Waals surface area contributed by atoms with Crippen molar-refractivity contribution in [1.29, 1.82) is 0 Å². The minimum atomic E-state index is -0.326. The second kappa shape index (κ2) is 6.90. The fourth-order valence-electron chi connectivity index (χ4n) is 3.61. The van der Waals surface area contributed by atoms with Crippen molar-refractivity contribution in [3.05, 3.63) is 47.8 Å². The Morgan fingerprint density at radius 3 is 2.72 bits per heavy atom. The molecule has 6 nitrogen and oxygen atoms in total. The second-order valence-electron chi connectivity index (χ2n) is 6.60. The molecular formula is C19H22N2O4. The number of fused-ring (bicyclic) bond motifs is 1. The van der Waals surface area contributed by atoms with Gasteiger partial charge in [-0.25, -0.2) is 0 Å². The topological polar surface area (TPSA) is 64.1 Å². The van der Waals surface area contributed by atoms with Crippen LogP contribution in [0, 0.1) is 5.92 Å². The van der Waals surface area contributed by atoms with E-state index >= 15 is 0 Å². The highest BCUT2D eigenvalue weighted by Gasteiger charge is 2.32. The summed E-state index contributed by atoms with van der Waals surface area (Å²) in [6.07, 6.45) is 4.13. The van der Waals surface area contributed by atoms with Crippen molar-refractivity contribution in [3.8, 4) is 17.2 Å². The van der Waals surface area contributed by atoms with E-state index in [1.807, 2.05) is 24.3 Å². The summed E-state index contributed by atoms with van der Waals surface area (Å²) in [5, 5.41) is 10.4. The molecule has 2 atom stereocenters. The van der Waals surface area contributed by atoms with Gasteiger partial charge in [0.05, 0.1) is 13.2 Å². The van der Waals surface area contributed by atoms with Crippen LogP contribution in [0.15, 0.2) is 36.7 Å². The molecule has 1 saturated heterocycles. The van der Waals surface area contributed by atoms with Crippen LogP contribution in [-0.2, 0) is 13.0 Å². The van der Waals surface area contributed by atoms with Crippen molar-refractivity contribution in [1.82, 2.24) is 9.88 Å². The largest absolute Gasteiger partial charge is 0.496 e. The molecule has 2 aromatic rings. The maximum Gasteiger partial charge on any atom is 0.231 e. The fraction of sp³-hybridized carbons (Fsp3) is 0.421. The number of likely N-dealkylation sites (tertiary alicyclic amines) is 1.